The van der Waals surface area contributed by atoms with Crippen molar-refractivity contribution < 1.29 is 4.74 Å². The van der Waals surface area contributed by atoms with E-state index in [-0.39, 0.29) is 0 Å². The van der Waals surface area contributed by atoms with Crippen LogP contribution in [0.2, 0.25) is 0 Å². The van der Waals surface area contributed by atoms with Crippen molar-refractivity contribution in [2.24, 2.45) is 0 Å². The third-order valence-electron chi connectivity index (χ3n) is 0.547. The van der Waals surface area contributed by atoms with Gasteiger partial charge >= 0.3 is 0 Å². The molecule has 0 aromatic rings. The van der Waals surface area contributed by atoms with Gasteiger partial charge in [0.05, 0.1) is 12.7 Å². The van der Waals surface area contributed by atoms with Crippen molar-refractivity contribution in [3.05, 3.63) is 13.3 Å². The quantitative estimate of drug-likeness (QED) is 0.521. The van der Waals surface area contributed by atoms with Crippen molar-refractivity contribution in [2.75, 3.05) is 6.61 Å². The highest BCUT2D eigenvalue weighted by Gasteiger charge is 1.87. The lowest BCUT2D eigenvalue weighted by Crippen LogP contribution is -2.02. The second kappa shape index (κ2) is 4.13. The highest BCUT2D eigenvalue weighted by atomic mass is 16.5. The summed E-state index contributed by atoms with van der Waals surface area (Å²) in [4.78, 5) is 0. The van der Waals surface area contributed by atoms with Crippen molar-refractivity contribution in [3.63, 3.8) is 0 Å². The lowest BCUT2D eigenvalue weighted by molar-refractivity contribution is 0.0972. The maximum atomic E-state index is 5.07. The van der Waals surface area contributed by atoms with Gasteiger partial charge in [0.2, 0.25) is 0 Å². The summed E-state index contributed by atoms with van der Waals surface area (Å²) in [6.07, 6.45) is 2.08. The molecular formula is C6H12O. The van der Waals surface area contributed by atoms with Crippen LogP contribution < -0.4 is 0 Å². The van der Waals surface area contributed by atoms with Crippen LogP contribution in [0.1, 0.15) is 13.8 Å². The van der Waals surface area contributed by atoms with E-state index in [1.807, 2.05) is 13.8 Å². The molecule has 42 valence electrons. The smallest absolute Gasteiger partial charge is 0.0519 e. The van der Waals surface area contributed by atoms with Crippen molar-refractivity contribution in [1.82, 2.24) is 0 Å². The first kappa shape index (κ1) is 6.96. The lowest BCUT2D eigenvalue weighted by atomic mass is 10.4. The van der Waals surface area contributed by atoms with E-state index in [0.29, 0.717) is 12.7 Å². The molecule has 1 nitrogen and oxygen atoms in total. The highest BCUT2D eigenvalue weighted by Crippen LogP contribution is 1.86. The molecule has 0 unspecified atom stereocenters. The minimum absolute atomic E-state index is 0.331. The largest absolute Gasteiger partial charge is 0.378 e. The molecule has 0 aliphatic heterocycles. The minimum atomic E-state index is 0.331. The summed E-state index contributed by atoms with van der Waals surface area (Å²) in [5, 5.41) is 0. The zero-order valence-electron chi connectivity index (χ0n) is 4.98. The van der Waals surface area contributed by atoms with E-state index in [1.165, 1.54) is 0 Å². The molecule has 0 aromatic heterocycles. The highest BCUT2D eigenvalue weighted by molar-refractivity contribution is 4.64. The van der Waals surface area contributed by atoms with Gasteiger partial charge in [-0.15, -0.1) is 0 Å². The normalized spacial score (nSPS) is 10.3. The molecular weight excluding hydrogens is 88.1 g/mol. The lowest BCUT2D eigenvalue weighted by Gasteiger charge is -2.02. The Kier molecular flexibility index (Phi) is 4.10. The molecule has 1 heteroatoms. The first-order chi connectivity index (χ1) is 3.27. The van der Waals surface area contributed by atoms with Crippen molar-refractivity contribution in [2.45, 2.75) is 20.0 Å². The molecule has 0 fully saturated rings. The maximum Gasteiger partial charge on any atom is 0.0519 e. The van der Waals surface area contributed by atoms with Crippen molar-refractivity contribution in [1.29, 1.82) is 0 Å². The number of ether oxygens (including phenoxy) is 1. The average Bonchev–Trinajstić information content (AvgIpc) is 1.61. The molecule has 7 heavy (non-hydrogen) atoms. The summed E-state index contributed by atoms with van der Waals surface area (Å²) in [7, 11) is 0. The Morgan fingerprint density at radius 2 is 2.29 bits per heavy atom. The van der Waals surface area contributed by atoms with Gasteiger partial charge < -0.3 is 4.74 Å². The fourth-order valence-corrected chi connectivity index (χ4v) is 0.260. The van der Waals surface area contributed by atoms with Crippen LogP contribution in [0.3, 0.4) is 0 Å². The van der Waals surface area contributed by atoms with Gasteiger partial charge in [-0.05, 0) is 27.2 Å². The summed E-state index contributed by atoms with van der Waals surface area (Å²) < 4.78 is 5.07. The zero-order chi connectivity index (χ0) is 5.70. The molecule has 0 saturated carbocycles. The van der Waals surface area contributed by atoms with Gasteiger partial charge in [-0.25, -0.2) is 0 Å². The van der Waals surface area contributed by atoms with E-state index in [1.54, 1.807) is 6.42 Å². The maximum absolute atomic E-state index is 5.07. The van der Waals surface area contributed by atoms with Crippen molar-refractivity contribution in [3.8, 4) is 0 Å². The molecule has 0 aliphatic carbocycles. The Hall–Kier alpha value is -0.0400. The first-order valence-corrected chi connectivity index (χ1v) is 2.50. The van der Waals surface area contributed by atoms with E-state index >= 15 is 0 Å². The topological polar surface area (TPSA) is 9.23 Å². The fourth-order valence-electron chi connectivity index (χ4n) is 0.260. The molecule has 2 radical (unpaired) electrons. The van der Waals surface area contributed by atoms with E-state index in [4.69, 9.17) is 4.74 Å². The van der Waals surface area contributed by atoms with Crippen LogP contribution in [0.5, 0.6) is 0 Å². The Bertz CT molecular complexity index is 33.2. The monoisotopic (exact) mass is 100 g/mol. The number of rotatable bonds is 3. The molecule has 0 atom stereocenters. The summed E-state index contributed by atoms with van der Waals surface area (Å²) in [6, 6.07) is 0. The van der Waals surface area contributed by atoms with Crippen LogP contribution in [0.4, 0.5) is 0 Å². The Morgan fingerprint density at radius 1 is 1.71 bits per heavy atom. The predicted octanol–water partition coefficient (Wildman–Crippen LogP) is 1.45. The van der Waals surface area contributed by atoms with Gasteiger partial charge in [0.25, 0.3) is 0 Å². The Labute approximate surface area is 45.7 Å². The van der Waals surface area contributed by atoms with Gasteiger partial charge in [-0.3, -0.25) is 0 Å². The minimum Gasteiger partial charge on any atom is -0.378 e. The second-order valence-electron chi connectivity index (χ2n) is 1.67. The third-order valence-corrected chi connectivity index (χ3v) is 0.547. The molecule has 0 bridgehead atoms. The molecule has 0 amide bonds. The fraction of sp³-hybridized carbons (Fsp3) is 0.667. The number of hydrogen-bond donors (Lipinski definition) is 0. The summed E-state index contributed by atoms with van der Waals surface area (Å²) in [6.45, 7) is 8.18. The van der Waals surface area contributed by atoms with Crippen LogP contribution in [-0.4, -0.2) is 12.7 Å². The van der Waals surface area contributed by atoms with Crippen molar-refractivity contribution >= 4 is 0 Å². The van der Waals surface area contributed by atoms with Crippen LogP contribution in [0, 0.1) is 13.3 Å². The molecule has 0 heterocycles. The van der Waals surface area contributed by atoms with Gasteiger partial charge in [-0.2, -0.15) is 0 Å². The third kappa shape index (κ3) is 5.96. The predicted molar refractivity (Wildman–Crippen MR) is 30.7 cm³/mol. The van der Waals surface area contributed by atoms with E-state index < -0.39 is 0 Å². The molecule has 0 aliphatic rings. The molecule has 0 rings (SSSR count). The Balaban J connectivity index is 2.68. The molecule has 0 spiro atoms. The second-order valence-corrected chi connectivity index (χ2v) is 1.67. The molecule has 0 aromatic carbocycles. The van der Waals surface area contributed by atoms with E-state index in [9.17, 15) is 0 Å². The number of hydrogen-bond acceptors (Lipinski definition) is 1. The van der Waals surface area contributed by atoms with Gasteiger partial charge in [-0.1, -0.05) is 0 Å². The Morgan fingerprint density at radius 3 is 2.43 bits per heavy atom. The first-order valence-electron chi connectivity index (χ1n) is 2.50. The van der Waals surface area contributed by atoms with E-state index in [0.717, 1.165) is 0 Å². The van der Waals surface area contributed by atoms with Crippen LogP contribution in [0.25, 0.3) is 0 Å². The van der Waals surface area contributed by atoms with Gasteiger partial charge in [0, 0.05) is 0 Å². The van der Waals surface area contributed by atoms with Gasteiger partial charge in [0.1, 0.15) is 0 Å². The van der Waals surface area contributed by atoms with Gasteiger partial charge in [0.15, 0.2) is 0 Å². The summed E-state index contributed by atoms with van der Waals surface area (Å²) in [5.74, 6) is 0. The van der Waals surface area contributed by atoms with E-state index in [2.05, 4.69) is 6.92 Å². The molecule has 0 N–H and O–H groups in total. The SMILES string of the molecule is [CH2][CH]COC(C)C. The van der Waals surface area contributed by atoms with Crippen LogP contribution in [-0.2, 0) is 4.74 Å². The molecule has 0 saturated heterocycles. The van der Waals surface area contributed by atoms with Crippen LogP contribution in [0.15, 0.2) is 0 Å². The summed E-state index contributed by atoms with van der Waals surface area (Å²) >= 11 is 0. The summed E-state index contributed by atoms with van der Waals surface area (Å²) in [5.41, 5.74) is 0. The standard InChI is InChI=1S/C6H12O/c1-4-5-7-6(2)3/h4,6H,1,5H2,2-3H3. The van der Waals surface area contributed by atoms with Crippen LogP contribution >= 0.6 is 0 Å². The zero-order valence-corrected chi connectivity index (χ0v) is 4.98. The average molecular weight is 100 g/mol.